The molecule has 1 aromatic carbocycles. The van der Waals surface area contributed by atoms with Crippen molar-refractivity contribution in [2.75, 3.05) is 6.61 Å². The van der Waals surface area contributed by atoms with Gasteiger partial charge in [0.15, 0.2) is 0 Å². The van der Waals surface area contributed by atoms with Crippen LogP contribution in [0, 0.1) is 5.92 Å². The van der Waals surface area contributed by atoms with Crippen LogP contribution in [0.2, 0.25) is 0 Å². The SMILES string of the molecule is O=C(OCCC[C@@H]1CCCCC1Br)c1ccccc1. The summed E-state index contributed by atoms with van der Waals surface area (Å²) in [7, 11) is 0. The Bertz CT molecular complexity index is 391. The molecule has 0 aromatic heterocycles. The maximum atomic E-state index is 11.7. The number of hydrogen-bond acceptors (Lipinski definition) is 2. The highest BCUT2D eigenvalue weighted by Gasteiger charge is 2.22. The van der Waals surface area contributed by atoms with Gasteiger partial charge in [-0.25, -0.2) is 4.79 Å². The Balaban J connectivity index is 1.65. The maximum Gasteiger partial charge on any atom is 0.338 e. The zero-order chi connectivity index (χ0) is 13.5. The Labute approximate surface area is 123 Å². The zero-order valence-electron chi connectivity index (χ0n) is 11.2. The van der Waals surface area contributed by atoms with E-state index in [1.165, 1.54) is 25.7 Å². The second-order valence-corrected chi connectivity index (χ2v) is 6.38. The van der Waals surface area contributed by atoms with Gasteiger partial charge >= 0.3 is 5.97 Å². The Morgan fingerprint density at radius 1 is 1.21 bits per heavy atom. The fourth-order valence-corrected chi connectivity index (χ4v) is 3.51. The van der Waals surface area contributed by atoms with Crippen molar-refractivity contribution in [3.63, 3.8) is 0 Å². The molecule has 3 heteroatoms. The van der Waals surface area contributed by atoms with Crippen molar-refractivity contribution in [3.05, 3.63) is 35.9 Å². The van der Waals surface area contributed by atoms with Crippen LogP contribution in [0.5, 0.6) is 0 Å². The summed E-state index contributed by atoms with van der Waals surface area (Å²) in [4.78, 5) is 12.4. The fourth-order valence-electron chi connectivity index (χ4n) is 2.66. The first kappa shape index (κ1) is 14.6. The van der Waals surface area contributed by atoms with Crippen molar-refractivity contribution >= 4 is 21.9 Å². The molecule has 0 heterocycles. The van der Waals surface area contributed by atoms with Crippen LogP contribution in [0.25, 0.3) is 0 Å². The largest absolute Gasteiger partial charge is 0.462 e. The molecule has 0 amide bonds. The van der Waals surface area contributed by atoms with E-state index in [-0.39, 0.29) is 5.97 Å². The molecule has 1 aliphatic carbocycles. The van der Waals surface area contributed by atoms with Crippen LogP contribution in [-0.4, -0.2) is 17.4 Å². The molecule has 1 unspecified atom stereocenters. The second-order valence-electron chi connectivity index (χ2n) is 5.20. The van der Waals surface area contributed by atoms with Crippen molar-refractivity contribution in [3.8, 4) is 0 Å². The number of carbonyl (C=O) groups is 1. The Morgan fingerprint density at radius 2 is 1.95 bits per heavy atom. The molecule has 0 spiro atoms. The van der Waals surface area contributed by atoms with E-state index < -0.39 is 0 Å². The van der Waals surface area contributed by atoms with Crippen LogP contribution in [0.1, 0.15) is 48.9 Å². The smallest absolute Gasteiger partial charge is 0.338 e. The van der Waals surface area contributed by atoms with Gasteiger partial charge in [-0.2, -0.15) is 0 Å². The number of hydrogen-bond donors (Lipinski definition) is 0. The van der Waals surface area contributed by atoms with E-state index >= 15 is 0 Å². The number of rotatable bonds is 5. The monoisotopic (exact) mass is 324 g/mol. The van der Waals surface area contributed by atoms with Gasteiger partial charge in [-0.15, -0.1) is 0 Å². The lowest BCUT2D eigenvalue weighted by atomic mass is 9.86. The van der Waals surface area contributed by atoms with Crippen molar-refractivity contribution in [2.45, 2.75) is 43.4 Å². The molecule has 0 radical (unpaired) electrons. The molecule has 19 heavy (non-hydrogen) atoms. The molecule has 1 saturated carbocycles. The van der Waals surface area contributed by atoms with Crippen LogP contribution in [-0.2, 0) is 4.74 Å². The molecular formula is C16H21BrO2. The average Bonchev–Trinajstić information content (AvgIpc) is 2.46. The Kier molecular flexibility index (Phi) is 5.90. The first-order valence-electron chi connectivity index (χ1n) is 7.13. The summed E-state index contributed by atoms with van der Waals surface area (Å²) in [5.74, 6) is 0.545. The standard InChI is InChI=1S/C16H21BrO2/c17-15-11-5-4-7-13(15)10-6-12-19-16(18)14-8-2-1-3-9-14/h1-3,8-9,13,15H,4-7,10-12H2/t13-,15?/m0/s1. The lowest BCUT2D eigenvalue weighted by Crippen LogP contribution is -2.19. The lowest BCUT2D eigenvalue weighted by Gasteiger charge is -2.27. The highest BCUT2D eigenvalue weighted by molar-refractivity contribution is 9.09. The molecule has 0 saturated heterocycles. The third kappa shape index (κ3) is 4.64. The second kappa shape index (κ2) is 7.68. The van der Waals surface area contributed by atoms with Gasteiger partial charge in [-0.05, 0) is 43.7 Å². The van der Waals surface area contributed by atoms with Gasteiger partial charge in [0.1, 0.15) is 0 Å². The minimum Gasteiger partial charge on any atom is -0.462 e. The van der Waals surface area contributed by atoms with Crippen LogP contribution in [0.4, 0.5) is 0 Å². The van der Waals surface area contributed by atoms with Gasteiger partial charge in [0, 0.05) is 4.83 Å². The van der Waals surface area contributed by atoms with E-state index in [9.17, 15) is 4.79 Å². The van der Waals surface area contributed by atoms with Crippen molar-refractivity contribution < 1.29 is 9.53 Å². The van der Waals surface area contributed by atoms with E-state index in [1.807, 2.05) is 18.2 Å². The summed E-state index contributed by atoms with van der Waals surface area (Å²) < 4.78 is 5.30. The highest BCUT2D eigenvalue weighted by atomic mass is 79.9. The van der Waals surface area contributed by atoms with Gasteiger partial charge in [0.25, 0.3) is 0 Å². The van der Waals surface area contributed by atoms with Crippen LogP contribution < -0.4 is 0 Å². The number of halogens is 1. The molecule has 1 aromatic rings. The third-order valence-corrected chi connectivity index (χ3v) is 4.98. The third-order valence-electron chi connectivity index (χ3n) is 3.78. The summed E-state index contributed by atoms with van der Waals surface area (Å²) in [6.07, 6.45) is 7.40. The first-order valence-corrected chi connectivity index (χ1v) is 8.05. The van der Waals surface area contributed by atoms with Crippen molar-refractivity contribution in [1.29, 1.82) is 0 Å². The summed E-state index contributed by atoms with van der Waals surface area (Å²) in [6.45, 7) is 0.532. The van der Waals surface area contributed by atoms with Gasteiger partial charge < -0.3 is 4.74 Å². The predicted octanol–water partition coefficient (Wildman–Crippen LogP) is 4.58. The number of benzene rings is 1. The lowest BCUT2D eigenvalue weighted by molar-refractivity contribution is 0.0492. The average molecular weight is 325 g/mol. The molecule has 1 fully saturated rings. The van der Waals surface area contributed by atoms with E-state index in [0.717, 1.165) is 18.8 Å². The molecule has 104 valence electrons. The molecule has 0 bridgehead atoms. The Morgan fingerprint density at radius 3 is 2.68 bits per heavy atom. The molecule has 2 atom stereocenters. The quantitative estimate of drug-likeness (QED) is 0.450. The van der Waals surface area contributed by atoms with E-state index in [0.29, 0.717) is 17.0 Å². The predicted molar refractivity (Wildman–Crippen MR) is 80.6 cm³/mol. The van der Waals surface area contributed by atoms with Crippen LogP contribution >= 0.6 is 15.9 Å². The summed E-state index contributed by atoms with van der Waals surface area (Å²) in [6, 6.07) is 9.19. The van der Waals surface area contributed by atoms with E-state index in [1.54, 1.807) is 12.1 Å². The minimum absolute atomic E-state index is 0.209. The van der Waals surface area contributed by atoms with Gasteiger partial charge in [-0.3, -0.25) is 0 Å². The molecule has 0 aliphatic heterocycles. The molecule has 2 nitrogen and oxygen atoms in total. The van der Waals surface area contributed by atoms with Crippen LogP contribution in [0.3, 0.4) is 0 Å². The van der Waals surface area contributed by atoms with Crippen LogP contribution in [0.15, 0.2) is 30.3 Å². The molecule has 2 rings (SSSR count). The highest BCUT2D eigenvalue weighted by Crippen LogP contribution is 2.32. The van der Waals surface area contributed by atoms with Crippen molar-refractivity contribution in [2.24, 2.45) is 5.92 Å². The number of alkyl halides is 1. The van der Waals surface area contributed by atoms with E-state index in [4.69, 9.17) is 4.74 Å². The first-order chi connectivity index (χ1) is 9.27. The van der Waals surface area contributed by atoms with Gasteiger partial charge in [-0.1, -0.05) is 47.0 Å². The minimum atomic E-state index is -0.209. The number of ether oxygens (including phenoxy) is 1. The van der Waals surface area contributed by atoms with Crippen molar-refractivity contribution in [1.82, 2.24) is 0 Å². The van der Waals surface area contributed by atoms with E-state index in [2.05, 4.69) is 15.9 Å². The molecular weight excluding hydrogens is 304 g/mol. The summed E-state index contributed by atoms with van der Waals surface area (Å²) in [5, 5.41) is 0. The number of esters is 1. The normalized spacial score (nSPS) is 23.0. The molecule has 0 N–H and O–H groups in total. The topological polar surface area (TPSA) is 26.3 Å². The Hall–Kier alpha value is -0.830. The number of carbonyl (C=O) groups excluding carboxylic acids is 1. The molecule has 1 aliphatic rings. The van der Waals surface area contributed by atoms with Gasteiger partial charge in [0.2, 0.25) is 0 Å². The fraction of sp³-hybridized carbons (Fsp3) is 0.562. The zero-order valence-corrected chi connectivity index (χ0v) is 12.8. The van der Waals surface area contributed by atoms with Gasteiger partial charge in [0.05, 0.1) is 12.2 Å². The summed E-state index contributed by atoms with van der Waals surface area (Å²) in [5.41, 5.74) is 0.638. The maximum absolute atomic E-state index is 11.7. The summed E-state index contributed by atoms with van der Waals surface area (Å²) >= 11 is 3.76.